The molecule has 0 amide bonds. The molecule has 0 aliphatic heterocycles. The predicted octanol–water partition coefficient (Wildman–Crippen LogP) is 3.73. The lowest BCUT2D eigenvalue weighted by Gasteiger charge is -2.23. The van der Waals surface area contributed by atoms with Gasteiger partial charge in [0.1, 0.15) is 0 Å². The van der Waals surface area contributed by atoms with Crippen molar-refractivity contribution in [3.05, 3.63) is 41.6 Å². The second-order valence-corrected chi connectivity index (χ2v) is 5.20. The second kappa shape index (κ2) is 4.88. The molecule has 0 bridgehead atoms. The topological polar surface area (TPSA) is 63.3 Å². The third kappa shape index (κ3) is 2.67. The number of aromatic carboxylic acids is 1. The van der Waals surface area contributed by atoms with Crippen molar-refractivity contribution >= 4 is 5.97 Å². The molecule has 0 spiro atoms. The zero-order valence-electron chi connectivity index (χ0n) is 11.3. The highest BCUT2D eigenvalue weighted by Gasteiger charge is 2.18. The van der Waals surface area contributed by atoms with E-state index < -0.39 is 5.97 Å². The van der Waals surface area contributed by atoms with Crippen LogP contribution in [0.25, 0.3) is 11.3 Å². The van der Waals surface area contributed by atoms with Crippen molar-refractivity contribution in [2.24, 2.45) is 0 Å². The number of carbonyl (C=O) groups is 1. The van der Waals surface area contributed by atoms with E-state index >= 15 is 0 Å². The van der Waals surface area contributed by atoms with Gasteiger partial charge >= 0.3 is 5.97 Å². The van der Waals surface area contributed by atoms with E-state index in [0.717, 1.165) is 12.0 Å². The molecule has 2 rings (SSSR count). The van der Waals surface area contributed by atoms with E-state index in [1.54, 1.807) is 0 Å². The quantitative estimate of drug-likeness (QED) is 0.908. The largest absolute Gasteiger partial charge is 0.476 e. The SMILES string of the molecule is CCC(C)(C)c1ccc(-c2cc(C(=O)O)no2)cc1. The summed E-state index contributed by atoms with van der Waals surface area (Å²) in [5.74, 6) is -0.614. The molecule has 0 aliphatic carbocycles. The van der Waals surface area contributed by atoms with Crippen LogP contribution in [-0.4, -0.2) is 16.2 Å². The van der Waals surface area contributed by atoms with Crippen LogP contribution in [-0.2, 0) is 5.41 Å². The van der Waals surface area contributed by atoms with Crippen LogP contribution in [0.1, 0.15) is 43.2 Å². The molecule has 4 heteroatoms. The van der Waals surface area contributed by atoms with E-state index in [0.29, 0.717) is 5.76 Å². The molecule has 0 unspecified atom stereocenters. The molecule has 0 radical (unpaired) electrons. The highest BCUT2D eigenvalue weighted by Crippen LogP contribution is 2.29. The smallest absolute Gasteiger partial charge is 0.358 e. The molecule has 0 saturated carbocycles. The molecule has 19 heavy (non-hydrogen) atoms. The number of rotatable bonds is 4. The fraction of sp³-hybridized carbons (Fsp3) is 0.333. The van der Waals surface area contributed by atoms with Gasteiger partial charge in [-0.3, -0.25) is 0 Å². The van der Waals surface area contributed by atoms with Gasteiger partial charge in [0.05, 0.1) is 0 Å². The predicted molar refractivity (Wildman–Crippen MR) is 72.2 cm³/mol. The maximum Gasteiger partial charge on any atom is 0.358 e. The number of hydrogen-bond donors (Lipinski definition) is 1. The maximum absolute atomic E-state index is 10.7. The number of hydrogen-bond acceptors (Lipinski definition) is 3. The molecule has 0 fully saturated rings. The molecule has 4 nitrogen and oxygen atoms in total. The Morgan fingerprint density at radius 2 is 1.95 bits per heavy atom. The minimum atomic E-state index is -1.08. The van der Waals surface area contributed by atoms with E-state index in [1.807, 2.05) is 24.3 Å². The molecule has 1 heterocycles. The highest BCUT2D eigenvalue weighted by atomic mass is 16.5. The zero-order chi connectivity index (χ0) is 14.0. The van der Waals surface area contributed by atoms with Crippen LogP contribution in [0.3, 0.4) is 0 Å². The Labute approximate surface area is 112 Å². The molecular weight excluding hydrogens is 242 g/mol. The molecule has 0 atom stereocenters. The summed E-state index contributed by atoms with van der Waals surface area (Å²) in [6.45, 7) is 6.54. The van der Waals surface area contributed by atoms with Crippen LogP contribution < -0.4 is 0 Å². The first-order valence-corrected chi connectivity index (χ1v) is 6.25. The summed E-state index contributed by atoms with van der Waals surface area (Å²) in [5.41, 5.74) is 2.13. The number of aromatic nitrogens is 1. The maximum atomic E-state index is 10.7. The van der Waals surface area contributed by atoms with E-state index in [1.165, 1.54) is 11.6 Å². The molecular formula is C15H17NO3. The molecule has 0 saturated heterocycles. The third-order valence-electron chi connectivity index (χ3n) is 3.56. The minimum Gasteiger partial charge on any atom is -0.476 e. The van der Waals surface area contributed by atoms with Gasteiger partial charge in [-0.25, -0.2) is 4.79 Å². The van der Waals surface area contributed by atoms with Crippen molar-refractivity contribution in [2.75, 3.05) is 0 Å². The fourth-order valence-corrected chi connectivity index (χ4v) is 1.80. The first-order valence-electron chi connectivity index (χ1n) is 6.25. The van der Waals surface area contributed by atoms with Crippen molar-refractivity contribution in [2.45, 2.75) is 32.6 Å². The van der Waals surface area contributed by atoms with Crippen molar-refractivity contribution in [1.82, 2.24) is 5.16 Å². The zero-order valence-corrected chi connectivity index (χ0v) is 11.3. The molecule has 1 aromatic heterocycles. The summed E-state index contributed by atoms with van der Waals surface area (Å²) in [7, 11) is 0. The first-order chi connectivity index (χ1) is 8.94. The van der Waals surface area contributed by atoms with Gasteiger partial charge in [0.15, 0.2) is 11.5 Å². The lowest BCUT2D eigenvalue weighted by atomic mass is 9.82. The van der Waals surface area contributed by atoms with Crippen LogP contribution in [0.4, 0.5) is 0 Å². The first kappa shape index (κ1) is 13.3. The molecule has 100 valence electrons. The van der Waals surface area contributed by atoms with Crippen LogP contribution in [0.2, 0.25) is 0 Å². The van der Waals surface area contributed by atoms with Crippen molar-refractivity contribution in [3.63, 3.8) is 0 Å². The van der Waals surface area contributed by atoms with E-state index in [-0.39, 0.29) is 11.1 Å². The van der Waals surface area contributed by atoms with Gasteiger partial charge in [0.25, 0.3) is 0 Å². The van der Waals surface area contributed by atoms with Gasteiger partial charge in [0.2, 0.25) is 0 Å². The van der Waals surface area contributed by atoms with Gasteiger partial charge in [-0.05, 0) is 17.4 Å². The van der Waals surface area contributed by atoms with Crippen LogP contribution >= 0.6 is 0 Å². The Morgan fingerprint density at radius 1 is 1.32 bits per heavy atom. The summed E-state index contributed by atoms with van der Waals surface area (Å²) in [6, 6.07) is 9.38. The lowest BCUT2D eigenvalue weighted by Crippen LogP contribution is -2.14. The van der Waals surface area contributed by atoms with Crippen molar-refractivity contribution < 1.29 is 14.4 Å². The summed E-state index contributed by atoms with van der Waals surface area (Å²) < 4.78 is 5.03. The summed E-state index contributed by atoms with van der Waals surface area (Å²) in [4.78, 5) is 10.7. The third-order valence-corrected chi connectivity index (χ3v) is 3.56. The van der Waals surface area contributed by atoms with Gasteiger partial charge in [-0.15, -0.1) is 0 Å². The Kier molecular flexibility index (Phi) is 3.42. The molecule has 2 aromatic rings. The average Bonchev–Trinajstić information content (AvgIpc) is 2.88. The molecule has 1 aromatic carbocycles. The Morgan fingerprint density at radius 3 is 2.42 bits per heavy atom. The van der Waals surface area contributed by atoms with E-state index in [4.69, 9.17) is 9.63 Å². The van der Waals surface area contributed by atoms with Crippen molar-refractivity contribution in [1.29, 1.82) is 0 Å². The van der Waals surface area contributed by atoms with Gasteiger partial charge in [-0.1, -0.05) is 50.2 Å². The van der Waals surface area contributed by atoms with E-state index in [9.17, 15) is 4.79 Å². The standard InChI is InChI=1S/C15H17NO3/c1-4-15(2,3)11-7-5-10(6-8-11)13-9-12(14(17)18)16-19-13/h5-9H,4H2,1-3H3,(H,17,18). The van der Waals surface area contributed by atoms with Gasteiger partial charge in [0, 0.05) is 11.6 Å². The van der Waals surface area contributed by atoms with Crippen molar-refractivity contribution in [3.8, 4) is 11.3 Å². The normalized spacial score (nSPS) is 11.5. The minimum absolute atomic E-state index is 0.0760. The Hall–Kier alpha value is -2.10. The average molecular weight is 259 g/mol. The summed E-state index contributed by atoms with van der Waals surface area (Å²) in [6.07, 6.45) is 1.05. The fourth-order valence-electron chi connectivity index (χ4n) is 1.80. The number of carboxylic acid groups (broad SMARTS) is 1. The molecule has 0 aliphatic rings. The van der Waals surface area contributed by atoms with Crippen LogP contribution in [0.15, 0.2) is 34.9 Å². The van der Waals surface area contributed by atoms with Crippen LogP contribution in [0.5, 0.6) is 0 Å². The Balaban J connectivity index is 2.29. The summed E-state index contributed by atoms with van der Waals surface area (Å²) >= 11 is 0. The number of carboxylic acids is 1. The second-order valence-electron chi connectivity index (χ2n) is 5.20. The monoisotopic (exact) mass is 259 g/mol. The van der Waals surface area contributed by atoms with E-state index in [2.05, 4.69) is 25.9 Å². The van der Waals surface area contributed by atoms with Gasteiger partial charge in [-0.2, -0.15) is 0 Å². The van der Waals surface area contributed by atoms with Gasteiger partial charge < -0.3 is 9.63 Å². The van der Waals surface area contributed by atoms with Crippen LogP contribution in [0, 0.1) is 0 Å². The summed E-state index contributed by atoms with van der Waals surface area (Å²) in [5, 5.41) is 12.3. The molecule has 1 N–H and O–H groups in total. The lowest BCUT2D eigenvalue weighted by molar-refractivity contribution is 0.0686. The number of benzene rings is 1. The highest BCUT2D eigenvalue weighted by molar-refractivity contribution is 5.86. The Bertz CT molecular complexity index is 582. The number of nitrogens with zero attached hydrogens (tertiary/aromatic N) is 1.